The van der Waals surface area contributed by atoms with Crippen molar-refractivity contribution in [2.75, 3.05) is 12.4 Å². The van der Waals surface area contributed by atoms with Crippen LogP contribution in [0.15, 0.2) is 46.9 Å². The van der Waals surface area contributed by atoms with E-state index in [1.807, 2.05) is 0 Å². The van der Waals surface area contributed by atoms with E-state index in [0.29, 0.717) is 15.9 Å². The number of hydrogen-bond acceptors (Lipinski definition) is 3. The van der Waals surface area contributed by atoms with Gasteiger partial charge in [0, 0.05) is 21.8 Å². The van der Waals surface area contributed by atoms with Crippen molar-refractivity contribution in [3.63, 3.8) is 0 Å². The Balaban J connectivity index is 2.42. The molecule has 0 fully saturated rings. The van der Waals surface area contributed by atoms with Gasteiger partial charge >= 0.3 is 0 Å². The number of benzene rings is 2. The maximum absolute atomic E-state index is 14.1. The molecule has 108 valence electrons. The van der Waals surface area contributed by atoms with Crippen LogP contribution in [-0.2, 0) is 5.54 Å². The van der Waals surface area contributed by atoms with E-state index >= 15 is 0 Å². The van der Waals surface area contributed by atoms with Crippen molar-refractivity contribution in [3.05, 3.63) is 58.3 Å². The monoisotopic (exact) mass is 348 g/mol. The molecule has 0 bridgehead atoms. The maximum Gasteiger partial charge on any atom is 0.151 e. The van der Waals surface area contributed by atoms with Crippen LogP contribution in [0.3, 0.4) is 0 Å². The van der Waals surface area contributed by atoms with Gasteiger partial charge in [-0.15, -0.1) is 0 Å². The standard InChI is InChI=1S/C16H14BrFN2O/c1-16(10-19,14-8-11(17)6-7-15(14)18)20-12-4-3-5-13(9-12)21-2/h3-9,20H,1-2H3. The predicted molar refractivity (Wildman–Crippen MR) is 83.7 cm³/mol. The molecule has 2 aromatic rings. The lowest BCUT2D eigenvalue weighted by Gasteiger charge is -2.26. The lowest BCUT2D eigenvalue weighted by Crippen LogP contribution is -2.31. The van der Waals surface area contributed by atoms with E-state index in [2.05, 4.69) is 27.3 Å². The fourth-order valence-corrected chi connectivity index (χ4v) is 2.39. The summed E-state index contributed by atoms with van der Waals surface area (Å²) >= 11 is 3.30. The zero-order valence-electron chi connectivity index (χ0n) is 11.7. The highest BCUT2D eigenvalue weighted by Crippen LogP contribution is 2.30. The van der Waals surface area contributed by atoms with Gasteiger partial charge in [0.25, 0.3) is 0 Å². The van der Waals surface area contributed by atoms with Crippen LogP contribution >= 0.6 is 15.9 Å². The highest BCUT2D eigenvalue weighted by molar-refractivity contribution is 9.10. The Morgan fingerprint density at radius 2 is 2.05 bits per heavy atom. The van der Waals surface area contributed by atoms with Crippen LogP contribution in [0.4, 0.5) is 10.1 Å². The first kappa shape index (κ1) is 15.3. The van der Waals surface area contributed by atoms with Crippen molar-refractivity contribution in [2.45, 2.75) is 12.5 Å². The van der Waals surface area contributed by atoms with Gasteiger partial charge in [0.15, 0.2) is 5.54 Å². The van der Waals surface area contributed by atoms with E-state index in [1.54, 1.807) is 50.4 Å². The summed E-state index contributed by atoms with van der Waals surface area (Å²) in [7, 11) is 1.57. The second kappa shape index (κ2) is 6.15. The van der Waals surface area contributed by atoms with E-state index in [1.165, 1.54) is 6.07 Å². The van der Waals surface area contributed by atoms with Crippen molar-refractivity contribution in [3.8, 4) is 11.8 Å². The predicted octanol–water partition coefficient (Wildman–Crippen LogP) is 4.45. The summed E-state index contributed by atoms with van der Waals surface area (Å²) in [6, 6.07) is 13.8. The SMILES string of the molecule is COc1cccc(NC(C)(C#N)c2cc(Br)ccc2F)c1. The molecule has 2 rings (SSSR count). The smallest absolute Gasteiger partial charge is 0.151 e. The van der Waals surface area contributed by atoms with Gasteiger partial charge in [-0.3, -0.25) is 0 Å². The van der Waals surface area contributed by atoms with E-state index < -0.39 is 11.4 Å². The van der Waals surface area contributed by atoms with Gasteiger partial charge in [0.1, 0.15) is 11.6 Å². The molecule has 0 saturated heterocycles. The van der Waals surface area contributed by atoms with Crippen LogP contribution < -0.4 is 10.1 Å². The molecular weight excluding hydrogens is 335 g/mol. The Morgan fingerprint density at radius 3 is 2.71 bits per heavy atom. The number of rotatable bonds is 4. The van der Waals surface area contributed by atoms with Crippen LogP contribution in [0.5, 0.6) is 5.75 Å². The molecular formula is C16H14BrFN2O. The summed E-state index contributed by atoms with van der Waals surface area (Å²) in [6.45, 7) is 1.64. The van der Waals surface area contributed by atoms with Crippen molar-refractivity contribution in [1.29, 1.82) is 5.26 Å². The molecule has 0 aliphatic rings. The second-order valence-corrected chi connectivity index (χ2v) is 5.63. The lowest BCUT2D eigenvalue weighted by atomic mass is 9.92. The Morgan fingerprint density at radius 1 is 1.29 bits per heavy atom. The first-order valence-corrected chi connectivity index (χ1v) is 7.07. The molecule has 2 aromatic carbocycles. The maximum atomic E-state index is 14.1. The van der Waals surface area contributed by atoms with Crippen molar-refractivity contribution < 1.29 is 9.13 Å². The topological polar surface area (TPSA) is 45.0 Å². The van der Waals surface area contributed by atoms with Crippen LogP contribution in [0, 0.1) is 17.1 Å². The summed E-state index contributed by atoms with van der Waals surface area (Å²) in [5.74, 6) is 0.229. The Kier molecular flexibility index (Phi) is 4.49. The number of nitriles is 1. The summed E-state index contributed by atoms with van der Waals surface area (Å²) in [5, 5.41) is 12.6. The molecule has 0 radical (unpaired) electrons. The van der Waals surface area contributed by atoms with Gasteiger partial charge < -0.3 is 10.1 Å². The van der Waals surface area contributed by atoms with Crippen molar-refractivity contribution >= 4 is 21.6 Å². The Bertz CT molecular complexity index is 699. The normalized spacial score (nSPS) is 13.1. The van der Waals surface area contributed by atoms with Gasteiger partial charge in [-0.1, -0.05) is 22.0 Å². The van der Waals surface area contributed by atoms with Crippen LogP contribution in [0.2, 0.25) is 0 Å². The Hall–Kier alpha value is -2.06. The number of anilines is 1. The highest BCUT2D eigenvalue weighted by Gasteiger charge is 2.29. The molecule has 0 amide bonds. The van der Waals surface area contributed by atoms with Gasteiger partial charge in [-0.05, 0) is 37.3 Å². The van der Waals surface area contributed by atoms with Crippen molar-refractivity contribution in [1.82, 2.24) is 0 Å². The second-order valence-electron chi connectivity index (χ2n) is 4.72. The molecule has 3 nitrogen and oxygen atoms in total. The molecule has 0 spiro atoms. The molecule has 0 saturated carbocycles. The molecule has 21 heavy (non-hydrogen) atoms. The first-order chi connectivity index (χ1) is 9.98. The van der Waals surface area contributed by atoms with E-state index in [9.17, 15) is 9.65 Å². The minimum Gasteiger partial charge on any atom is -0.497 e. The van der Waals surface area contributed by atoms with Crippen LogP contribution in [0.1, 0.15) is 12.5 Å². The van der Waals surface area contributed by atoms with Gasteiger partial charge in [0.2, 0.25) is 0 Å². The molecule has 0 aliphatic carbocycles. The molecule has 1 unspecified atom stereocenters. The molecule has 5 heteroatoms. The third-order valence-corrected chi connectivity index (χ3v) is 3.65. The number of nitrogens with one attached hydrogen (secondary N) is 1. The zero-order valence-corrected chi connectivity index (χ0v) is 13.2. The van der Waals surface area contributed by atoms with Gasteiger partial charge in [-0.25, -0.2) is 4.39 Å². The average molecular weight is 349 g/mol. The summed E-state index contributed by atoms with van der Waals surface area (Å²) in [4.78, 5) is 0. The highest BCUT2D eigenvalue weighted by atomic mass is 79.9. The number of halogens is 2. The molecule has 0 heterocycles. The zero-order chi connectivity index (χ0) is 15.5. The largest absolute Gasteiger partial charge is 0.497 e. The quantitative estimate of drug-likeness (QED) is 0.887. The number of methoxy groups -OCH3 is 1. The van der Waals surface area contributed by atoms with E-state index in [0.717, 1.165) is 0 Å². The first-order valence-electron chi connectivity index (χ1n) is 6.27. The van der Waals surface area contributed by atoms with Crippen molar-refractivity contribution in [2.24, 2.45) is 0 Å². The average Bonchev–Trinajstić information content (AvgIpc) is 2.49. The van der Waals surface area contributed by atoms with Gasteiger partial charge in [0.05, 0.1) is 13.2 Å². The molecule has 0 aliphatic heterocycles. The third-order valence-electron chi connectivity index (χ3n) is 3.15. The van der Waals surface area contributed by atoms with Crippen LogP contribution in [-0.4, -0.2) is 7.11 Å². The number of ether oxygens (including phenoxy) is 1. The Labute approximate surface area is 131 Å². The minimum atomic E-state index is -1.19. The van der Waals surface area contributed by atoms with Gasteiger partial charge in [-0.2, -0.15) is 5.26 Å². The lowest BCUT2D eigenvalue weighted by molar-refractivity contribution is 0.415. The molecule has 0 aromatic heterocycles. The third kappa shape index (κ3) is 3.34. The van der Waals surface area contributed by atoms with E-state index in [-0.39, 0.29) is 5.56 Å². The summed E-state index contributed by atoms with van der Waals surface area (Å²) < 4.78 is 19.9. The molecule has 1 N–H and O–H groups in total. The summed E-state index contributed by atoms with van der Waals surface area (Å²) in [6.07, 6.45) is 0. The fraction of sp³-hybridized carbons (Fsp3) is 0.188. The molecule has 1 atom stereocenters. The fourth-order valence-electron chi connectivity index (χ4n) is 2.03. The minimum absolute atomic E-state index is 0.280. The summed E-state index contributed by atoms with van der Waals surface area (Å²) in [5.41, 5.74) is -0.236. The van der Waals surface area contributed by atoms with Crippen LogP contribution in [0.25, 0.3) is 0 Å². The van der Waals surface area contributed by atoms with E-state index in [4.69, 9.17) is 4.74 Å². The number of hydrogen-bond donors (Lipinski definition) is 1. The number of nitrogens with zero attached hydrogens (tertiary/aromatic N) is 1.